The van der Waals surface area contributed by atoms with E-state index in [-0.39, 0.29) is 30.8 Å². The molecular weight excluding hydrogens is 395 g/mol. The Hall–Kier alpha value is -2.89. The minimum absolute atomic E-state index is 0.174. The van der Waals surface area contributed by atoms with Crippen molar-refractivity contribution in [2.75, 3.05) is 6.61 Å². The number of ether oxygens (including phenoxy) is 1. The van der Waals surface area contributed by atoms with E-state index < -0.39 is 11.6 Å². The van der Waals surface area contributed by atoms with Crippen molar-refractivity contribution in [1.29, 1.82) is 0 Å². The second kappa shape index (κ2) is 9.94. The first-order valence-corrected chi connectivity index (χ1v) is 10.4. The van der Waals surface area contributed by atoms with Gasteiger partial charge in [0.15, 0.2) is 6.61 Å². The first kappa shape index (κ1) is 24.4. The van der Waals surface area contributed by atoms with Crippen LogP contribution in [-0.4, -0.2) is 34.9 Å². The molecule has 1 N–H and O–H groups in total. The predicted molar refractivity (Wildman–Crippen MR) is 120 cm³/mol. The fraction of sp³-hybridized carbons (Fsp3) is 0.440. The topological polar surface area (TPSA) is 58.6 Å². The van der Waals surface area contributed by atoms with Crippen molar-refractivity contribution in [2.24, 2.45) is 0 Å². The average molecular weight is 429 g/mol. The van der Waals surface area contributed by atoms with E-state index in [1.807, 2.05) is 47.6 Å². The summed E-state index contributed by atoms with van der Waals surface area (Å²) in [7, 11) is 0. The molecule has 5 nitrogen and oxygen atoms in total. The van der Waals surface area contributed by atoms with Gasteiger partial charge in [0.1, 0.15) is 17.6 Å². The summed E-state index contributed by atoms with van der Waals surface area (Å²) in [5.41, 5.74) is 3.41. The molecule has 31 heavy (non-hydrogen) atoms. The van der Waals surface area contributed by atoms with Gasteiger partial charge in [0, 0.05) is 12.1 Å². The number of carbonyl (C=O) groups excluding carboxylic acids is 2. The van der Waals surface area contributed by atoms with Crippen molar-refractivity contribution in [1.82, 2.24) is 10.2 Å². The third-order valence-corrected chi connectivity index (χ3v) is 5.05. The Morgan fingerprint density at radius 2 is 1.71 bits per heavy atom. The highest BCUT2D eigenvalue weighted by molar-refractivity contribution is 5.88. The first-order valence-electron chi connectivity index (χ1n) is 10.4. The predicted octanol–water partition coefficient (Wildman–Crippen LogP) is 4.46. The molecule has 0 aliphatic heterocycles. The van der Waals surface area contributed by atoms with E-state index in [0.717, 1.165) is 22.3 Å². The van der Waals surface area contributed by atoms with E-state index in [0.29, 0.717) is 5.75 Å². The molecule has 0 fully saturated rings. The molecule has 0 spiro atoms. The van der Waals surface area contributed by atoms with Gasteiger partial charge in [-0.1, -0.05) is 18.2 Å². The number of amides is 2. The highest BCUT2D eigenvalue weighted by Crippen LogP contribution is 2.23. The highest BCUT2D eigenvalue weighted by Gasteiger charge is 2.28. The molecule has 168 valence electrons. The molecule has 0 aromatic heterocycles. The van der Waals surface area contributed by atoms with Gasteiger partial charge in [-0.3, -0.25) is 9.59 Å². The van der Waals surface area contributed by atoms with Crippen LogP contribution in [0.1, 0.15) is 49.9 Å². The van der Waals surface area contributed by atoms with Crippen molar-refractivity contribution < 1.29 is 18.7 Å². The van der Waals surface area contributed by atoms with Gasteiger partial charge in [-0.05, 0) is 88.9 Å². The normalized spacial score (nSPS) is 12.3. The smallest absolute Gasteiger partial charge is 0.261 e. The monoisotopic (exact) mass is 428 g/mol. The van der Waals surface area contributed by atoms with Crippen molar-refractivity contribution in [3.05, 3.63) is 64.5 Å². The Labute approximate surface area is 184 Å². The summed E-state index contributed by atoms with van der Waals surface area (Å²) in [5, 5.41) is 2.91. The fourth-order valence-corrected chi connectivity index (χ4v) is 3.22. The first-order chi connectivity index (χ1) is 14.4. The van der Waals surface area contributed by atoms with E-state index in [2.05, 4.69) is 11.4 Å². The molecule has 2 aromatic carbocycles. The van der Waals surface area contributed by atoms with Crippen LogP contribution in [0.15, 0.2) is 36.4 Å². The van der Waals surface area contributed by atoms with Crippen LogP contribution in [0, 0.1) is 26.6 Å². The van der Waals surface area contributed by atoms with Crippen LogP contribution in [0.2, 0.25) is 0 Å². The van der Waals surface area contributed by atoms with Gasteiger partial charge in [-0.2, -0.15) is 0 Å². The molecule has 0 aliphatic rings. The average Bonchev–Trinajstić information content (AvgIpc) is 2.67. The van der Waals surface area contributed by atoms with Gasteiger partial charge < -0.3 is 15.0 Å². The third kappa shape index (κ3) is 7.09. The number of carbonyl (C=O) groups is 2. The number of halogens is 1. The van der Waals surface area contributed by atoms with Gasteiger partial charge in [0.25, 0.3) is 5.91 Å². The Morgan fingerprint density at radius 3 is 2.29 bits per heavy atom. The standard InChI is InChI=1S/C25H33FN2O3/c1-16-12-17(2)18(3)22(13-16)31-15-23(29)28(14-20-8-10-21(26)11-9-20)19(4)24(30)27-25(5,6)7/h8-13,19H,14-15H2,1-7H3,(H,27,30)/t19-/m0/s1. The van der Waals surface area contributed by atoms with Gasteiger partial charge in [-0.15, -0.1) is 0 Å². The van der Waals surface area contributed by atoms with E-state index in [9.17, 15) is 14.0 Å². The van der Waals surface area contributed by atoms with Crippen LogP contribution in [0.25, 0.3) is 0 Å². The molecule has 6 heteroatoms. The van der Waals surface area contributed by atoms with Crippen LogP contribution in [0.5, 0.6) is 5.75 Å². The maximum Gasteiger partial charge on any atom is 0.261 e. The Bertz CT molecular complexity index is 933. The van der Waals surface area contributed by atoms with Crippen LogP contribution < -0.4 is 10.1 Å². The lowest BCUT2D eigenvalue weighted by molar-refractivity contribution is -0.142. The summed E-state index contributed by atoms with van der Waals surface area (Å²) < 4.78 is 19.1. The maximum absolute atomic E-state index is 13.3. The molecule has 0 unspecified atom stereocenters. The zero-order valence-electron chi connectivity index (χ0n) is 19.5. The van der Waals surface area contributed by atoms with Gasteiger partial charge in [0.05, 0.1) is 0 Å². The summed E-state index contributed by atoms with van der Waals surface area (Å²) in [4.78, 5) is 27.4. The van der Waals surface area contributed by atoms with Crippen molar-refractivity contribution in [3.63, 3.8) is 0 Å². The quantitative estimate of drug-likeness (QED) is 0.708. The van der Waals surface area contributed by atoms with Crippen LogP contribution in [0.3, 0.4) is 0 Å². The molecular formula is C25H33FN2O3. The SMILES string of the molecule is Cc1cc(C)c(C)c(OCC(=O)N(Cc2ccc(F)cc2)[C@@H](C)C(=O)NC(C)(C)C)c1. The Kier molecular flexibility index (Phi) is 7.82. The lowest BCUT2D eigenvalue weighted by Gasteiger charge is -2.31. The highest BCUT2D eigenvalue weighted by atomic mass is 19.1. The number of hydrogen-bond acceptors (Lipinski definition) is 3. The fourth-order valence-electron chi connectivity index (χ4n) is 3.22. The molecule has 0 bridgehead atoms. The second-order valence-corrected chi connectivity index (χ2v) is 9.06. The molecule has 0 saturated carbocycles. The van der Waals surface area contributed by atoms with Gasteiger partial charge >= 0.3 is 0 Å². The van der Waals surface area contributed by atoms with E-state index in [1.165, 1.54) is 17.0 Å². The molecule has 0 radical (unpaired) electrons. The lowest BCUT2D eigenvalue weighted by Crippen LogP contribution is -2.53. The summed E-state index contributed by atoms with van der Waals surface area (Å²) in [6, 6.07) is 9.14. The Morgan fingerprint density at radius 1 is 1.10 bits per heavy atom. The van der Waals surface area contributed by atoms with E-state index >= 15 is 0 Å². The summed E-state index contributed by atoms with van der Waals surface area (Å²) in [6.07, 6.45) is 0. The van der Waals surface area contributed by atoms with Crippen molar-refractivity contribution >= 4 is 11.8 Å². The molecule has 0 aliphatic carbocycles. The molecule has 2 rings (SSSR count). The second-order valence-electron chi connectivity index (χ2n) is 9.06. The largest absolute Gasteiger partial charge is 0.483 e. The van der Waals surface area contributed by atoms with Crippen LogP contribution in [-0.2, 0) is 16.1 Å². The van der Waals surface area contributed by atoms with Crippen molar-refractivity contribution in [2.45, 2.75) is 66.6 Å². The number of nitrogens with zero attached hydrogens (tertiary/aromatic N) is 1. The van der Waals surface area contributed by atoms with Gasteiger partial charge in [-0.25, -0.2) is 4.39 Å². The molecule has 1 atom stereocenters. The maximum atomic E-state index is 13.3. The van der Waals surface area contributed by atoms with E-state index in [1.54, 1.807) is 19.1 Å². The van der Waals surface area contributed by atoms with E-state index in [4.69, 9.17) is 4.74 Å². The minimum atomic E-state index is -0.722. The molecule has 0 saturated heterocycles. The summed E-state index contributed by atoms with van der Waals surface area (Å²) in [5.74, 6) is -0.279. The number of rotatable bonds is 7. The zero-order chi connectivity index (χ0) is 23.3. The minimum Gasteiger partial charge on any atom is -0.483 e. The van der Waals surface area contributed by atoms with Crippen molar-refractivity contribution in [3.8, 4) is 5.75 Å². The third-order valence-electron chi connectivity index (χ3n) is 5.05. The number of hydrogen-bond donors (Lipinski definition) is 1. The van der Waals surface area contributed by atoms with Crippen LogP contribution in [0.4, 0.5) is 4.39 Å². The van der Waals surface area contributed by atoms with Gasteiger partial charge in [0.2, 0.25) is 5.91 Å². The molecule has 0 heterocycles. The Balaban J connectivity index is 2.22. The molecule has 2 aromatic rings. The number of benzene rings is 2. The lowest BCUT2D eigenvalue weighted by atomic mass is 10.1. The summed E-state index contributed by atoms with van der Waals surface area (Å²) >= 11 is 0. The number of nitrogens with one attached hydrogen (secondary N) is 1. The zero-order valence-corrected chi connectivity index (χ0v) is 19.5. The van der Waals surface area contributed by atoms with Crippen LogP contribution >= 0.6 is 0 Å². The summed E-state index contributed by atoms with van der Waals surface area (Å²) in [6.45, 7) is 13.2. The molecule has 2 amide bonds. The number of aryl methyl sites for hydroxylation is 2.